The van der Waals surface area contributed by atoms with E-state index in [0.717, 1.165) is 12.8 Å². The molecule has 6 heteroatoms. The molecule has 1 atom stereocenters. The molecule has 1 fully saturated rings. The predicted octanol–water partition coefficient (Wildman–Crippen LogP) is 0.654. The van der Waals surface area contributed by atoms with Crippen molar-refractivity contribution in [2.24, 2.45) is 5.92 Å². The molecule has 0 aromatic rings. The minimum absolute atomic E-state index is 0.0199. The van der Waals surface area contributed by atoms with Crippen molar-refractivity contribution in [1.82, 2.24) is 10.2 Å². The van der Waals surface area contributed by atoms with E-state index < -0.39 is 5.97 Å². The highest BCUT2D eigenvalue weighted by Crippen LogP contribution is 2.34. The van der Waals surface area contributed by atoms with Gasteiger partial charge in [0.05, 0.1) is 6.42 Å². The number of carbonyl (C=O) groups excluding carboxylic acids is 1. The van der Waals surface area contributed by atoms with Gasteiger partial charge in [0.25, 0.3) is 0 Å². The molecule has 1 aliphatic rings. The second-order valence-electron chi connectivity index (χ2n) is 4.65. The number of aliphatic carboxylic acids is 1. The number of nitrogens with zero attached hydrogens (tertiary/aromatic N) is 1. The van der Waals surface area contributed by atoms with E-state index in [9.17, 15) is 9.59 Å². The average molecular weight is 258 g/mol. The quantitative estimate of drug-likeness (QED) is 0.596. The van der Waals surface area contributed by atoms with Crippen LogP contribution in [0.4, 0.5) is 4.79 Å². The summed E-state index contributed by atoms with van der Waals surface area (Å²) in [6.07, 6.45) is 2.49. The first kappa shape index (κ1) is 14.8. The van der Waals surface area contributed by atoms with E-state index >= 15 is 0 Å². The van der Waals surface area contributed by atoms with Gasteiger partial charge in [0.2, 0.25) is 0 Å². The van der Waals surface area contributed by atoms with Crippen LogP contribution in [0.15, 0.2) is 0 Å². The fourth-order valence-corrected chi connectivity index (χ4v) is 1.94. The summed E-state index contributed by atoms with van der Waals surface area (Å²) in [7, 11) is 0. The second-order valence-corrected chi connectivity index (χ2v) is 4.65. The first-order valence-electron chi connectivity index (χ1n) is 6.46. The van der Waals surface area contributed by atoms with Crippen molar-refractivity contribution in [1.29, 1.82) is 0 Å². The average Bonchev–Trinajstić information content (AvgIpc) is 3.12. The fraction of sp³-hybridized carbons (Fsp3) is 0.833. The van der Waals surface area contributed by atoms with Crippen molar-refractivity contribution in [2.45, 2.75) is 38.6 Å². The van der Waals surface area contributed by atoms with Gasteiger partial charge in [0, 0.05) is 25.7 Å². The molecule has 1 aliphatic carbocycles. The topological polar surface area (TPSA) is 89.9 Å². The highest BCUT2D eigenvalue weighted by molar-refractivity contribution is 5.76. The van der Waals surface area contributed by atoms with Crippen molar-refractivity contribution in [3.63, 3.8) is 0 Å². The summed E-state index contributed by atoms with van der Waals surface area (Å²) in [5, 5.41) is 20.4. The van der Waals surface area contributed by atoms with Crippen molar-refractivity contribution in [3.8, 4) is 0 Å². The molecule has 104 valence electrons. The van der Waals surface area contributed by atoms with Crippen LogP contribution in [0.5, 0.6) is 0 Å². The first-order valence-corrected chi connectivity index (χ1v) is 6.46. The standard InChI is InChI=1S/C12H22N2O4/c1-2-14(6-3-7-15)12(18)13-10(8-11(16)17)9-4-5-9/h9-10,15H,2-8H2,1H3,(H,13,18)(H,16,17). The largest absolute Gasteiger partial charge is 0.481 e. The summed E-state index contributed by atoms with van der Waals surface area (Å²) in [5.41, 5.74) is 0. The molecule has 1 saturated carbocycles. The minimum Gasteiger partial charge on any atom is -0.481 e. The molecule has 0 radical (unpaired) electrons. The lowest BCUT2D eigenvalue weighted by molar-refractivity contribution is -0.137. The Morgan fingerprint density at radius 1 is 1.44 bits per heavy atom. The Hall–Kier alpha value is -1.30. The number of urea groups is 1. The third-order valence-corrected chi connectivity index (χ3v) is 3.15. The van der Waals surface area contributed by atoms with Crippen LogP contribution in [0.25, 0.3) is 0 Å². The zero-order valence-corrected chi connectivity index (χ0v) is 10.8. The van der Waals surface area contributed by atoms with E-state index in [4.69, 9.17) is 10.2 Å². The normalized spacial score (nSPS) is 16.1. The van der Waals surface area contributed by atoms with Crippen molar-refractivity contribution < 1.29 is 19.8 Å². The zero-order valence-electron chi connectivity index (χ0n) is 10.8. The number of aliphatic hydroxyl groups excluding tert-OH is 1. The van der Waals surface area contributed by atoms with Crippen LogP contribution < -0.4 is 5.32 Å². The highest BCUT2D eigenvalue weighted by atomic mass is 16.4. The number of rotatable bonds is 8. The molecule has 0 aromatic heterocycles. The van der Waals surface area contributed by atoms with Crippen molar-refractivity contribution in [3.05, 3.63) is 0 Å². The van der Waals surface area contributed by atoms with Crippen LogP contribution in [0.3, 0.4) is 0 Å². The molecule has 0 aromatic carbocycles. The smallest absolute Gasteiger partial charge is 0.317 e. The van der Waals surface area contributed by atoms with E-state index in [2.05, 4.69) is 5.32 Å². The number of hydrogen-bond donors (Lipinski definition) is 3. The number of carboxylic acids is 1. The number of nitrogens with one attached hydrogen (secondary N) is 1. The summed E-state index contributed by atoms with van der Waals surface area (Å²) in [5.74, 6) is -0.577. The van der Waals surface area contributed by atoms with Gasteiger partial charge < -0.3 is 20.4 Å². The van der Waals surface area contributed by atoms with E-state index in [1.807, 2.05) is 6.92 Å². The minimum atomic E-state index is -0.884. The predicted molar refractivity (Wildman–Crippen MR) is 66.2 cm³/mol. The summed E-state index contributed by atoms with van der Waals surface area (Å²) in [6.45, 7) is 2.95. The maximum absolute atomic E-state index is 11.9. The van der Waals surface area contributed by atoms with Crippen LogP contribution >= 0.6 is 0 Å². The van der Waals surface area contributed by atoms with Crippen LogP contribution in [0, 0.1) is 5.92 Å². The Morgan fingerprint density at radius 2 is 2.11 bits per heavy atom. The summed E-state index contributed by atoms with van der Waals surface area (Å²) < 4.78 is 0. The van der Waals surface area contributed by atoms with Gasteiger partial charge in [-0.05, 0) is 32.1 Å². The zero-order chi connectivity index (χ0) is 13.5. The van der Waals surface area contributed by atoms with Gasteiger partial charge >= 0.3 is 12.0 Å². The molecule has 18 heavy (non-hydrogen) atoms. The molecule has 0 aliphatic heterocycles. The molecule has 2 amide bonds. The molecule has 0 bridgehead atoms. The van der Waals surface area contributed by atoms with Gasteiger partial charge in [-0.3, -0.25) is 4.79 Å². The summed E-state index contributed by atoms with van der Waals surface area (Å²) >= 11 is 0. The number of carboxylic acid groups (broad SMARTS) is 1. The lowest BCUT2D eigenvalue weighted by Crippen LogP contribution is -2.46. The Labute approximate surface area is 107 Å². The Bertz CT molecular complexity index is 292. The van der Waals surface area contributed by atoms with Crippen molar-refractivity contribution >= 4 is 12.0 Å². The second kappa shape index (κ2) is 7.20. The number of amides is 2. The van der Waals surface area contributed by atoms with Gasteiger partial charge in [-0.15, -0.1) is 0 Å². The third-order valence-electron chi connectivity index (χ3n) is 3.15. The molecule has 0 spiro atoms. The van der Waals surface area contributed by atoms with Crippen LogP contribution in [0.2, 0.25) is 0 Å². The Balaban J connectivity index is 2.45. The van der Waals surface area contributed by atoms with Crippen LogP contribution in [-0.4, -0.2) is 52.9 Å². The van der Waals surface area contributed by atoms with Gasteiger partial charge in [-0.25, -0.2) is 4.79 Å². The molecule has 0 saturated heterocycles. The lowest BCUT2D eigenvalue weighted by atomic mass is 10.1. The summed E-state index contributed by atoms with van der Waals surface area (Å²) in [4.78, 5) is 24.3. The van der Waals surface area contributed by atoms with Gasteiger partial charge in [0.1, 0.15) is 0 Å². The summed E-state index contributed by atoms with van der Waals surface area (Å²) in [6, 6.07) is -0.498. The van der Waals surface area contributed by atoms with Crippen LogP contribution in [-0.2, 0) is 4.79 Å². The maximum Gasteiger partial charge on any atom is 0.317 e. The third kappa shape index (κ3) is 4.91. The molecule has 6 nitrogen and oxygen atoms in total. The Morgan fingerprint density at radius 3 is 2.56 bits per heavy atom. The molecule has 1 rings (SSSR count). The van der Waals surface area contributed by atoms with Gasteiger partial charge in [0.15, 0.2) is 0 Å². The van der Waals surface area contributed by atoms with Crippen molar-refractivity contribution in [2.75, 3.05) is 19.7 Å². The van der Waals surface area contributed by atoms with E-state index in [0.29, 0.717) is 25.4 Å². The highest BCUT2D eigenvalue weighted by Gasteiger charge is 2.34. The number of aliphatic hydroxyl groups is 1. The van der Waals surface area contributed by atoms with Gasteiger partial charge in [-0.1, -0.05) is 0 Å². The maximum atomic E-state index is 11.9. The number of hydrogen-bond acceptors (Lipinski definition) is 3. The van der Waals surface area contributed by atoms with E-state index in [1.165, 1.54) is 0 Å². The van der Waals surface area contributed by atoms with Gasteiger partial charge in [-0.2, -0.15) is 0 Å². The fourth-order valence-electron chi connectivity index (χ4n) is 1.94. The SMILES string of the molecule is CCN(CCCO)C(=O)NC(CC(=O)O)C1CC1. The molecule has 3 N–H and O–H groups in total. The first-order chi connectivity index (χ1) is 8.58. The molecule has 1 unspecified atom stereocenters. The molecule has 0 heterocycles. The molecular formula is C12H22N2O4. The monoisotopic (exact) mass is 258 g/mol. The lowest BCUT2D eigenvalue weighted by Gasteiger charge is -2.24. The number of carbonyl (C=O) groups is 2. The van der Waals surface area contributed by atoms with Crippen LogP contribution in [0.1, 0.15) is 32.6 Å². The van der Waals surface area contributed by atoms with E-state index in [1.54, 1.807) is 4.90 Å². The van der Waals surface area contributed by atoms with E-state index in [-0.39, 0.29) is 25.1 Å². The molecular weight excluding hydrogens is 236 g/mol. The Kier molecular flexibility index (Phi) is 5.91.